The molecule has 4 rings (SSSR count). The number of nitrogens with one attached hydrogen (secondary N) is 1. The summed E-state index contributed by atoms with van der Waals surface area (Å²) in [4.78, 5) is 10.9. The number of rotatable bonds is 7. The lowest BCUT2D eigenvalue weighted by molar-refractivity contribution is -0.131. The Hall–Kier alpha value is -3.70. The van der Waals surface area contributed by atoms with Gasteiger partial charge < -0.3 is 5.11 Å². The van der Waals surface area contributed by atoms with Crippen molar-refractivity contribution < 1.29 is 14.3 Å². The minimum Gasteiger partial charge on any atom is -0.478 e. The third kappa shape index (κ3) is 5.04. The molecule has 0 saturated carbocycles. The monoisotopic (exact) mass is 460 g/mol. The summed E-state index contributed by atoms with van der Waals surface area (Å²) in [6.07, 6.45) is 5.03. The number of hydrogen-bond acceptors (Lipinski definition) is 2. The van der Waals surface area contributed by atoms with Gasteiger partial charge in [-0.25, -0.2) is 9.18 Å². The molecule has 0 aliphatic carbocycles. The maximum atomic E-state index is 13.9. The van der Waals surface area contributed by atoms with Crippen molar-refractivity contribution >= 4 is 45.7 Å². The zero-order chi connectivity index (χ0) is 23.4. The molecule has 3 aromatic carbocycles. The number of alkyl halides is 1. The molecule has 0 fully saturated rings. The average molecular weight is 461 g/mol. The van der Waals surface area contributed by atoms with Gasteiger partial charge >= 0.3 is 5.97 Å². The summed E-state index contributed by atoms with van der Waals surface area (Å²) in [5, 5.41) is 17.0. The summed E-state index contributed by atoms with van der Waals surface area (Å²) >= 11 is 6.23. The van der Waals surface area contributed by atoms with Crippen molar-refractivity contribution in [2.45, 2.75) is 13.3 Å². The molecule has 1 heterocycles. The number of aryl methyl sites for hydroxylation is 1. The topological polar surface area (TPSA) is 66.0 Å². The van der Waals surface area contributed by atoms with Gasteiger partial charge in [-0.2, -0.15) is 5.10 Å². The first-order valence-corrected chi connectivity index (χ1v) is 11.0. The van der Waals surface area contributed by atoms with Gasteiger partial charge in [0.05, 0.1) is 11.7 Å². The first-order chi connectivity index (χ1) is 16.0. The zero-order valence-corrected chi connectivity index (χ0v) is 18.7. The molecule has 33 heavy (non-hydrogen) atoms. The van der Waals surface area contributed by atoms with Crippen LogP contribution in [0.15, 0.2) is 72.9 Å². The fraction of sp³-hybridized carbons (Fsp3) is 0.111. The second-order valence-electron chi connectivity index (χ2n) is 7.72. The van der Waals surface area contributed by atoms with Crippen LogP contribution in [0.4, 0.5) is 4.39 Å². The minimum absolute atomic E-state index is 0.280. The highest BCUT2D eigenvalue weighted by atomic mass is 35.5. The SMILES string of the molecule is Cc1cc(F)ccc1/C(CCCl)=C(\c1ccc(/C=C/C(=O)O)cc1)c1ccc2[nH]ncc2c1. The maximum absolute atomic E-state index is 13.9. The van der Waals surface area contributed by atoms with Crippen molar-refractivity contribution in [1.29, 1.82) is 0 Å². The molecule has 4 aromatic rings. The summed E-state index contributed by atoms with van der Waals surface area (Å²) in [6.45, 7) is 1.89. The Labute approximate surface area is 196 Å². The Morgan fingerprint density at radius 2 is 1.85 bits per heavy atom. The second kappa shape index (κ2) is 9.84. The van der Waals surface area contributed by atoms with Gasteiger partial charge in [-0.1, -0.05) is 36.4 Å². The Kier molecular flexibility index (Phi) is 6.71. The predicted octanol–water partition coefficient (Wildman–Crippen LogP) is 6.70. The lowest BCUT2D eigenvalue weighted by Crippen LogP contribution is -1.99. The summed E-state index contributed by atoms with van der Waals surface area (Å²) in [7, 11) is 0. The number of carboxylic acid groups (broad SMARTS) is 1. The summed E-state index contributed by atoms with van der Waals surface area (Å²) in [6, 6.07) is 18.5. The van der Waals surface area contributed by atoms with Gasteiger partial charge in [-0.15, -0.1) is 11.6 Å². The van der Waals surface area contributed by atoms with Crippen LogP contribution >= 0.6 is 11.6 Å². The van der Waals surface area contributed by atoms with Crippen LogP contribution in [0.1, 0.15) is 34.2 Å². The number of H-pyrrole nitrogens is 1. The van der Waals surface area contributed by atoms with Gasteiger partial charge in [0.15, 0.2) is 0 Å². The number of halogens is 2. The van der Waals surface area contributed by atoms with Gasteiger partial charge in [0.2, 0.25) is 0 Å². The molecule has 1 aromatic heterocycles. The molecule has 6 heteroatoms. The Bertz CT molecular complexity index is 1370. The van der Waals surface area contributed by atoms with E-state index in [-0.39, 0.29) is 5.82 Å². The molecule has 0 unspecified atom stereocenters. The fourth-order valence-electron chi connectivity index (χ4n) is 4.00. The van der Waals surface area contributed by atoms with E-state index in [4.69, 9.17) is 16.7 Å². The molecule has 0 aliphatic rings. The van der Waals surface area contributed by atoms with E-state index in [1.165, 1.54) is 12.1 Å². The van der Waals surface area contributed by atoms with Crippen molar-refractivity contribution in [3.8, 4) is 0 Å². The largest absolute Gasteiger partial charge is 0.478 e. The highest BCUT2D eigenvalue weighted by Gasteiger charge is 2.17. The predicted molar refractivity (Wildman–Crippen MR) is 132 cm³/mol. The molecule has 2 N–H and O–H groups in total. The standard InChI is InChI=1S/C27H22ClFN2O2/c1-17-14-22(29)8-9-23(17)24(12-13-28)27(20-7-10-25-21(15-20)16-30-31-25)19-5-2-18(3-6-19)4-11-26(32)33/h2-11,14-16H,12-13H2,1H3,(H,30,31)(H,32,33)/b11-4+,27-24+. The van der Waals surface area contributed by atoms with Gasteiger partial charge in [0.25, 0.3) is 0 Å². The van der Waals surface area contributed by atoms with E-state index in [0.717, 1.165) is 55.9 Å². The molecule has 4 nitrogen and oxygen atoms in total. The molecule has 0 spiro atoms. The van der Waals surface area contributed by atoms with Crippen molar-refractivity contribution in [2.75, 3.05) is 5.88 Å². The molecular formula is C27H22ClFN2O2. The second-order valence-corrected chi connectivity index (χ2v) is 8.10. The highest BCUT2D eigenvalue weighted by molar-refractivity contribution is 6.19. The molecule has 0 amide bonds. The maximum Gasteiger partial charge on any atom is 0.328 e. The van der Waals surface area contributed by atoms with E-state index in [0.29, 0.717) is 12.3 Å². The van der Waals surface area contributed by atoms with Gasteiger partial charge in [-0.3, -0.25) is 5.10 Å². The van der Waals surface area contributed by atoms with Crippen LogP contribution in [-0.2, 0) is 4.79 Å². The first-order valence-electron chi connectivity index (χ1n) is 10.5. The van der Waals surface area contributed by atoms with Gasteiger partial charge in [0, 0.05) is 17.3 Å². The molecule has 166 valence electrons. The molecule has 0 bridgehead atoms. The van der Waals surface area contributed by atoms with Crippen molar-refractivity contribution in [2.24, 2.45) is 0 Å². The summed E-state index contributed by atoms with van der Waals surface area (Å²) in [5.74, 6) is -0.870. The van der Waals surface area contributed by atoms with E-state index < -0.39 is 5.97 Å². The van der Waals surface area contributed by atoms with E-state index in [1.807, 2.05) is 43.3 Å². The van der Waals surface area contributed by atoms with Crippen molar-refractivity contribution in [3.05, 3.63) is 107 Å². The lowest BCUT2D eigenvalue weighted by atomic mass is 9.86. The number of benzene rings is 3. The van der Waals surface area contributed by atoms with Crippen molar-refractivity contribution in [3.63, 3.8) is 0 Å². The lowest BCUT2D eigenvalue weighted by Gasteiger charge is -2.19. The van der Waals surface area contributed by atoms with Crippen molar-refractivity contribution in [1.82, 2.24) is 10.2 Å². The smallest absolute Gasteiger partial charge is 0.328 e. The Morgan fingerprint density at radius 1 is 1.09 bits per heavy atom. The van der Waals surface area contributed by atoms with Crippen LogP contribution in [0.2, 0.25) is 0 Å². The van der Waals surface area contributed by atoms with Crippen LogP contribution in [0, 0.1) is 12.7 Å². The number of aromatic amines is 1. The first kappa shape index (κ1) is 22.5. The number of allylic oxidation sites excluding steroid dienone is 1. The van der Waals surface area contributed by atoms with E-state index in [1.54, 1.807) is 18.3 Å². The van der Waals surface area contributed by atoms with Crippen LogP contribution in [0.3, 0.4) is 0 Å². The fourth-order valence-corrected chi connectivity index (χ4v) is 4.19. The molecule has 0 radical (unpaired) electrons. The zero-order valence-electron chi connectivity index (χ0n) is 18.0. The van der Waals surface area contributed by atoms with Crippen LogP contribution in [0.25, 0.3) is 28.1 Å². The highest BCUT2D eigenvalue weighted by Crippen LogP contribution is 2.37. The number of carboxylic acids is 1. The average Bonchev–Trinajstić information content (AvgIpc) is 3.26. The molecule has 0 aliphatic heterocycles. The van der Waals surface area contributed by atoms with E-state index in [2.05, 4.69) is 16.3 Å². The third-order valence-corrected chi connectivity index (χ3v) is 5.70. The molecular weight excluding hydrogens is 439 g/mol. The number of fused-ring (bicyclic) bond motifs is 1. The third-order valence-electron chi connectivity index (χ3n) is 5.51. The Morgan fingerprint density at radius 3 is 2.55 bits per heavy atom. The summed E-state index contributed by atoms with van der Waals surface area (Å²) < 4.78 is 13.9. The van der Waals surface area contributed by atoms with Crippen LogP contribution < -0.4 is 0 Å². The van der Waals surface area contributed by atoms with Crippen LogP contribution in [0.5, 0.6) is 0 Å². The quantitative estimate of drug-likeness (QED) is 0.183. The number of nitrogens with zero attached hydrogens (tertiary/aromatic N) is 1. The molecule has 0 saturated heterocycles. The number of aromatic nitrogens is 2. The minimum atomic E-state index is -0.996. The number of carbonyl (C=O) groups is 1. The summed E-state index contributed by atoms with van der Waals surface area (Å²) in [5.41, 5.74) is 7.43. The number of hydrogen-bond donors (Lipinski definition) is 2. The normalized spacial score (nSPS) is 12.3. The molecule has 0 atom stereocenters. The van der Waals surface area contributed by atoms with Gasteiger partial charge in [-0.05, 0) is 82.6 Å². The van der Waals surface area contributed by atoms with E-state index in [9.17, 15) is 9.18 Å². The van der Waals surface area contributed by atoms with Gasteiger partial charge in [0.1, 0.15) is 5.82 Å². The Balaban J connectivity index is 1.95. The van der Waals surface area contributed by atoms with Crippen LogP contribution in [-0.4, -0.2) is 27.2 Å². The number of aliphatic carboxylic acids is 1. The van der Waals surface area contributed by atoms with E-state index >= 15 is 0 Å².